The molecule has 0 unspecified atom stereocenters. The van der Waals surface area contributed by atoms with Crippen molar-refractivity contribution in [2.24, 2.45) is 0 Å². The third-order valence-corrected chi connectivity index (χ3v) is 10.1. The van der Waals surface area contributed by atoms with E-state index < -0.39 is 114 Å². The molecule has 0 spiro atoms. The first-order valence-corrected chi connectivity index (χ1v) is 20.0. The van der Waals surface area contributed by atoms with E-state index in [1.807, 2.05) is 0 Å². The van der Waals surface area contributed by atoms with Gasteiger partial charge in [0.25, 0.3) is 11.8 Å². The van der Waals surface area contributed by atoms with Crippen molar-refractivity contribution in [3.05, 3.63) is 120 Å². The zero-order valence-corrected chi connectivity index (χ0v) is 36.6. The maximum atomic E-state index is 14.2. The number of benzene rings is 3. The van der Waals surface area contributed by atoms with Crippen LogP contribution >= 0.6 is 0 Å². The van der Waals surface area contributed by atoms with Crippen LogP contribution in [-0.2, 0) is 62.1 Å². The number of rotatable bonds is 15. The predicted molar refractivity (Wildman–Crippen MR) is 203 cm³/mol. The Morgan fingerprint density at radius 1 is 0.726 bits per heavy atom. The molecule has 21 heteroatoms. The quantitative estimate of drug-likeness (QED) is 0.0355. The van der Waals surface area contributed by atoms with E-state index in [2.05, 4.69) is 6.58 Å². The molecular weight excluding hydrogens is 849 g/mol. The summed E-state index contributed by atoms with van der Waals surface area (Å²) in [5, 5.41) is 0. The third kappa shape index (κ3) is 11.2. The first kappa shape index (κ1) is 48.2. The van der Waals surface area contributed by atoms with Gasteiger partial charge in [-0.15, -0.1) is 6.58 Å². The fourth-order valence-corrected chi connectivity index (χ4v) is 7.56. The molecule has 0 saturated carbocycles. The topological polar surface area (TPSA) is 246 Å². The molecule has 0 N–H and O–H groups in total. The smallest absolute Gasteiger partial charge is 0.726 e. The number of fused-ring (bicyclic) bond motifs is 1. The van der Waals surface area contributed by atoms with Crippen LogP contribution in [0.5, 0.6) is 0 Å². The van der Waals surface area contributed by atoms with Crippen LogP contribution in [0.2, 0.25) is 0 Å². The van der Waals surface area contributed by atoms with Crippen LogP contribution in [0.25, 0.3) is 0 Å². The molecule has 2 amide bonds. The van der Waals surface area contributed by atoms with E-state index in [1.54, 1.807) is 36.4 Å². The molecule has 0 bridgehead atoms. The van der Waals surface area contributed by atoms with Crippen LogP contribution in [0, 0.1) is 0 Å². The van der Waals surface area contributed by atoms with Crippen LogP contribution in [0.4, 0.5) is 0 Å². The van der Waals surface area contributed by atoms with Gasteiger partial charge in [0.15, 0.2) is 30.9 Å². The van der Waals surface area contributed by atoms with Gasteiger partial charge < -0.3 is 42.4 Å². The average molecular weight is 890 g/mol. The Hall–Kier alpha value is -4.87. The van der Waals surface area contributed by atoms with E-state index in [9.17, 15) is 41.7 Å². The molecule has 0 radical (unpaired) electrons. The summed E-state index contributed by atoms with van der Waals surface area (Å²) in [6.45, 7) is 6.10. The van der Waals surface area contributed by atoms with E-state index in [1.165, 1.54) is 61.5 Å². The maximum Gasteiger partial charge on any atom is 1.00 e. The summed E-state index contributed by atoms with van der Waals surface area (Å²) in [7, 11) is -5.81. The van der Waals surface area contributed by atoms with Gasteiger partial charge in [-0.1, -0.05) is 54.6 Å². The molecule has 3 aliphatic rings. The number of hydrogen-bond donors (Lipinski definition) is 0. The number of imide groups is 1. The fourth-order valence-electron chi connectivity index (χ4n) is 7.07. The molecule has 19 nitrogen and oxygen atoms in total. The molecule has 0 aliphatic carbocycles. The molecule has 3 aliphatic heterocycles. The Kier molecular flexibility index (Phi) is 16.3. The van der Waals surface area contributed by atoms with Crippen molar-refractivity contribution >= 4 is 46.1 Å². The molecule has 3 aromatic rings. The van der Waals surface area contributed by atoms with E-state index >= 15 is 0 Å². The van der Waals surface area contributed by atoms with Gasteiger partial charge >= 0.3 is 53.4 Å². The number of hydrogen-bond acceptors (Lipinski definition) is 18. The van der Waals surface area contributed by atoms with E-state index in [4.69, 9.17) is 42.1 Å². The zero-order chi connectivity index (χ0) is 44.0. The normalized spacial score (nSPS) is 26.9. The summed E-state index contributed by atoms with van der Waals surface area (Å²) in [5.41, 5.74) is -0.169. The summed E-state index contributed by atoms with van der Waals surface area (Å²) < 4.78 is 90.0. The molecule has 62 heavy (non-hydrogen) atoms. The minimum absolute atomic E-state index is 0. The van der Waals surface area contributed by atoms with Crippen LogP contribution in [0.1, 0.15) is 62.2 Å². The number of carbonyl (C=O) groups excluding carboxylic acids is 6. The minimum atomic E-state index is -5.81. The van der Waals surface area contributed by atoms with Gasteiger partial charge in [-0.05, 0) is 43.3 Å². The van der Waals surface area contributed by atoms with E-state index in [0.29, 0.717) is 4.90 Å². The number of ether oxygens (including phenoxy) is 8. The van der Waals surface area contributed by atoms with Gasteiger partial charge in [-0.3, -0.25) is 28.3 Å². The minimum Gasteiger partial charge on any atom is -0.726 e. The van der Waals surface area contributed by atoms with E-state index in [-0.39, 0.29) is 58.4 Å². The Bertz CT molecular complexity index is 2210. The maximum absolute atomic E-state index is 14.2. The molecule has 2 saturated heterocycles. The molecule has 0 aromatic heterocycles. The molecule has 10 atom stereocenters. The average Bonchev–Trinajstić information content (AvgIpc) is 3.47. The Labute approximate surface area is 377 Å². The first-order valence-electron chi connectivity index (χ1n) is 18.7. The van der Waals surface area contributed by atoms with Crippen molar-refractivity contribution in [1.29, 1.82) is 0 Å². The van der Waals surface area contributed by atoms with Crippen molar-refractivity contribution in [3.8, 4) is 0 Å². The largest absolute Gasteiger partial charge is 1.00 e. The molecule has 2 fully saturated rings. The monoisotopic (exact) mass is 889 g/mol. The number of carbonyl (C=O) groups is 6. The predicted octanol–water partition coefficient (Wildman–Crippen LogP) is -0.496. The fraction of sp³-hybridized carbons (Fsp3) is 0.366. The van der Waals surface area contributed by atoms with Gasteiger partial charge in [0.2, 0.25) is 10.4 Å². The first-order chi connectivity index (χ1) is 29.1. The SMILES string of the molecule is C=CCO[C@@H]1O[C@@H](C)[C@@H](OC(=O)c2ccccc2)[C@@H](O[C@@H]2O[C@H](COC(C)=O)[C@@H](OC(C)=O)[C@H](OS(=O)(=O)[O-])[C@H]2N2C(=O)c3ccccc3C2=O)[C@@H]1OC(=O)c1ccccc1.[Na+]. The van der Waals surface area contributed by atoms with Gasteiger partial charge in [-0.25, -0.2) is 18.0 Å². The summed E-state index contributed by atoms with van der Waals surface area (Å²) in [4.78, 5) is 81.0. The van der Waals surface area contributed by atoms with Crippen LogP contribution in [0.15, 0.2) is 97.6 Å². The second-order valence-corrected chi connectivity index (χ2v) is 14.8. The second-order valence-electron chi connectivity index (χ2n) is 13.8. The Morgan fingerprint density at radius 3 is 1.76 bits per heavy atom. The second kappa shape index (κ2) is 21.0. The van der Waals surface area contributed by atoms with Crippen molar-refractivity contribution in [2.75, 3.05) is 13.2 Å². The van der Waals surface area contributed by atoms with Crippen LogP contribution < -0.4 is 29.6 Å². The van der Waals surface area contributed by atoms with Crippen molar-refractivity contribution in [1.82, 2.24) is 4.90 Å². The van der Waals surface area contributed by atoms with Crippen molar-refractivity contribution in [3.63, 3.8) is 0 Å². The molecule has 3 heterocycles. The van der Waals surface area contributed by atoms with Crippen molar-refractivity contribution < 1.29 is 113 Å². The van der Waals surface area contributed by atoms with Crippen molar-refractivity contribution in [2.45, 2.75) is 82.1 Å². The Morgan fingerprint density at radius 2 is 1.26 bits per heavy atom. The molecule has 6 rings (SSSR count). The molecule has 324 valence electrons. The van der Waals surface area contributed by atoms with Crippen LogP contribution in [0.3, 0.4) is 0 Å². The number of esters is 4. The van der Waals surface area contributed by atoms with Gasteiger partial charge in [0.1, 0.15) is 31.0 Å². The van der Waals surface area contributed by atoms with Gasteiger partial charge in [0, 0.05) is 13.8 Å². The van der Waals surface area contributed by atoms with Gasteiger partial charge in [0.05, 0.1) is 35.0 Å². The molecule has 3 aromatic carbocycles. The van der Waals surface area contributed by atoms with Gasteiger partial charge in [-0.2, -0.15) is 0 Å². The third-order valence-electron chi connectivity index (χ3n) is 9.62. The number of amides is 2. The summed E-state index contributed by atoms with van der Waals surface area (Å²) in [6.07, 6.45) is -14.6. The van der Waals surface area contributed by atoms with Crippen LogP contribution in [-0.4, -0.2) is 128 Å². The summed E-state index contributed by atoms with van der Waals surface area (Å²) in [6, 6.07) is 18.8. The van der Waals surface area contributed by atoms with E-state index in [0.717, 1.165) is 13.8 Å². The number of nitrogens with zero attached hydrogens (tertiary/aromatic N) is 1. The summed E-state index contributed by atoms with van der Waals surface area (Å²) in [5.74, 6) is -5.87. The zero-order valence-electron chi connectivity index (χ0n) is 33.8. The summed E-state index contributed by atoms with van der Waals surface area (Å²) >= 11 is 0. The standard InChI is InChI=1S/C41H41NO18S.Na/c1-5-20-52-41-35(58-39(48)26-16-10-7-11-17-26)34(31(22(2)54-41)57-38(47)25-14-8-6-9-15-25)59-40-30(42-36(45)27-18-12-13-19-28(27)37(42)46)33(60-61(49,50)51)32(55-24(4)44)29(56-40)21-53-23(3)43;/h5-19,22,29-35,40-41H,1,20-21H2,2-4H3,(H,49,50,51);/q;+1/p-1/t22-,29+,30+,31+,32+,33+,34+,35-,40-,41+;/m0./s1. The molecular formula is C41H40NNaO18S. The Balaban J connectivity index is 0.00000726.